The van der Waals surface area contributed by atoms with Crippen LogP contribution < -0.4 is 11.1 Å². The summed E-state index contributed by atoms with van der Waals surface area (Å²) in [6, 6.07) is 23.2. The van der Waals surface area contributed by atoms with Gasteiger partial charge in [0.15, 0.2) is 5.78 Å². The number of amides is 1. The molecule has 0 aliphatic carbocycles. The summed E-state index contributed by atoms with van der Waals surface area (Å²) in [7, 11) is 0. The molecule has 0 bridgehead atoms. The summed E-state index contributed by atoms with van der Waals surface area (Å²) in [6.45, 7) is 0. The molecule has 0 radical (unpaired) electrons. The first-order valence-electron chi connectivity index (χ1n) is 10.6. The van der Waals surface area contributed by atoms with Gasteiger partial charge in [0.05, 0.1) is 11.4 Å². The maximum Gasteiger partial charge on any atom is 0.224 e. The normalized spacial score (nSPS) is 10.6. The molecule has 3 rings (SSSR count). The molecule has 3 N–H and O–H groups in total. The minimum absolute atomic E-state index is 0.0279. The summed E-state index contributed by atoms with van der Waals surface area (Å²) >= 11 is 3.44. The largest absolute Gasteiger partial charge is 0.397 e. The first-order valence-corrected chi connectivity index (χ1v) is 11.4. The third-order valence-corrected chi connectivity index (χ3v) is 5.71. The van der Waals surface area contributed by atoms with Crippen LogP contribution in [0.4, 0.5) is 11.4 Å². The molecular weight excluding hydrogens is 452 g/mol. The topological polar surface area (TPSA) is 72.2 Å². The van der Waals surface area contributed by atoms with Gasteiger partial charge >= 0.3 is 0 Å². The van der Waals surface area contributed by atoms with E-state index in [4.69, 9.17) is 5.73 Å². The third-order valence-electron chi connectivity index (χ3n) is 5.18. The molecule has 0 fully saturated rings. The van der Waals surface area contributed by atoms with Gasteiger partial charge in [0, 0.05) is 22.9 Å². The molecule has 0 spiro atoms. The van der Waals surface area contributed by atoms with Crippen molar-refractivity contribution >= 4 is 39.0 Å². The second-order valence-corrected chi connectivity index (χ2v) is 8.47. The molecule has 3 aromatic carbocycles. The number of Topliss-reactive ketones (excluding diaryl/α,β-unsaturated/α-hetero) is 1. The van der Waals surface area contributed by atoms with Crippen molar-refractivity contribution in [2.24, 2.45) is 0 Å². The van der Waals surface area contributed by atoms with Gasteiger partial charge in [-0.25, -0.2) is 0 Å². The number of benzene rings is 3. The number of ketones is 1. The summed E-state index contributed by atoms with van der Waals surface area (Å²) in [5.41, 5.74) is 10.0. The number of carbonyl (C=O) groups is 2. The molecule has 31 heavy (non-hydrogen) atoms. The zero-order valence-electron chi connectivity index (χ0n) is 17.4. The highest BCUT2D eigenvalue weighted by molar-refractivity contribution is 9.10. The number of anilines is 2. The van der Waals surface area contributed by atoms with Crippen LogP contribution in [0.5, 0.6) is 0 Å². The molecule has 0 saturated heterocycles. The molecule has 0 unspecified atom stereocenters. The number of nitrogens with two attached hydrogens (primary N) is 1. The van der Waals surface area contributed by atoms with Crippen LogP contribution in [0.1, 0.15) is 48.9 Å². The first kappa shape index (κ1) is 22.8. The number of nitrogen functional groups attached to an aromatic ring is 1. The number of hydrogen-bond acceptors (Lipinski definition) is 3. The van der Waals surface area contributed by atoms with Crippen molar-refractivity contribution in [1.82, 2.24) is 0 Å². The van der Waals surface area contributed by atoms with Crippen LogP contribution in [0.25, 0.3) is 11.1 Å². The van der Waals surface area contributed by atoms with Gasteiger partial charge in [-0.15, -0.1) is 0 Å². The second-order valence-electron chi connectivity index (χ2n) is 7.56. The van der Waals surface area contributed by atoms with E-state index in [0.29, 0.717) is 24.2 Å². The summed E-state index contributed by atoms with van der Waals surface area (Å²) in [4.78, 5) is 24.4. The standard InChI is InChI=1S/C26H27BrN2O2/c27-22-17-15-20(16-18-22)19-11-13-21(14-12-19)25(30)9-3-1-2-4-10-26(31)29-24-8-6-5-7-23(24)28/h5-8,11-18H,1-4,9-10,28H2,(H,29,31). The minimum Gasteiger partial charge on any atom is -0.397 e. The molecule has 4 nitrogen and oxygen atoms in total. The third kappa shape index (κ3) is 7.07. The summed E-state index contributed by atoms with van der Waals surface area (Å²) < 4.78 is 1.05. The van der Waals surface area contributed by atoms with Crippen LogP contribution in [0, 0.1) is 0 Å². The van der Waals surface area contributed by atoms with E-state index in [2.05, 4.69) is 33.4 Å². The Kier molecular flexibility index (Phi) is 8.42. The highest BCUT2D eigenvalue weighted by atomic mass is 79.9. The number of nitrogens with one attached hydrogen (secondary N) is 1. The van der Waals surface area contributed by atoms with Crippen molar-refractivity contribution in [3.63, 3.8) is 0 Å². The fourth-order valence-corrected chi connectivity index (χ4v) is 3.65. The maximum atomic E-state index is 12.4. The Hall–Kier alpha value is -2.92. The number of unbranched alkanes of at least 4 members (excludes halogenated alkanes) is 3. The van der Waals surface area contributed by atoms with E-state index < -0.39 is 0 Å². The molecule has 160 valence electrons. The molecule has 1 amide bonds. The lowest BCUT2D eigenvalue weighted by Gasteiger charge is -2.07. The van der Waals surface area contributed by atoms with Crippen LogP contribution in [0.2, 0.25) is 0 Å². The number of rotatable bonds is 10. The number of para-hydroxylation sites is 2. The molecule has 0 atom stereocenters. The predicted octanol–water partition coefficient (Wildman–Crippen LogP) is 6.86. The summed E-state index contributed by atoms with van der Waals surface area (Å²) in [5.74, 6) is 0.138. The van der Waals surface area contributed by atoms with Crippen molar-refractivity contribution < 1.29 is 9.59 Å². The number of hydrogen-bond donors (Lipinski definition) is 2. The molecule has 0 aliphatic heterocycles. The van der Waals surface area contributed by atoms with Crippen LogP contribution in [-0.2, 0) is 4.79 Å². The molecule has 3 aromatic rings. The van der Waals surface area contributed by atoms with Crippen molar-refractivity contribution in [2.45, 2.75) is 38.5 Å². The Balaban J connectivity index is 1.34. The Bertz CT molecular complexity index is 1010. The van der Waals surface area contributed by atoms with E-state index in [1.807, 2.05) is 48.5 Å². The SMILES string of the molecule is Nc1ccccc1NC(=O)CCCCCCC(=O)c1ccc(-c2ccc(Br)cc2)cc1. The van der Waals surface area contributed by atoms with E-state index in [0.717, 1.165) is 46.8 Å². The van der Waals surface area contributed by atoms with Gasteiger partial charge in [-0.05, 0) is 48.2 Å². The lowest BCUT2D eigenvalue weighted by atomic mass is 10.00. The van der Waals surface area contributed by atoms with Gasteiger partial charge < -0.3 is 11.1 Å². The monoisotopic (exact) mass is 478 g/mol. The van der Waals surface area contributed by atoms with Gasteiger partial charge in [-0.1, -0.05) is 77.3 Å². The Labute approximate surface area is 192 Å². The molecule has 0 aliphatic rings. The lowest BCUT2D eigenvalue weighted by molar-refractivity contribution is -0.116. The van der Waals surface area contributed by atoms with Crippen molar-refractivity contribution in [3.05, 3.63) is 82.8 Å². The van der Waals surface area contributed by atoms with Crippen LogP contribution in [0.3, 0.4) is 0 Å². The van der Waals surface area contributed by atoms with Crippen molar-refractivity contribution in [1.29, 1.82) is 0 Å². The van der Waals surface area contributed by atoms with Crippen LogP contribution in [-0.4, -0.2) is 11.7 Å². The van der Waals surface area contributed by atoms with Crippen molar-refractivity contribution in [2.75, 3.05) is 11.1 Å². The quantitative estimate of drug-likeness (QED) is 0.190. The van der Waals surface area contributed by atoms with E-state index in [1.165, 1.54) is 0 Å². The van der Waals surface area contributed by atoms with Gasteiger partial charge in [0.25, 0.3) is 0 Å². The summed E-state index contributed by atoms with van der Waals surface area (Å²) in [5, 5.41) is 2.84. The smallest absolute Gasteiger partial charge is 0.224 e. The molecular formula is C26H27BrN2O2. The van der Waals surface area contributed by atoms with Gasteiger partial charge in [-0.3, -0.25) is 9.59 Å². The van der Waals surface area contributed by atoms with Crippen LogP contribution >= 0.6 is 15.9 Å². The number of halogens is 1. The fourth-order valence-electron chi connectivity index (χ4n) is 3.38. The van der Waals surface area contributed by atoms with Crippen LogP contribution in [0.15, 0.2) is 77.3 Å². The summed E-state index contributed by atoms with van der Waals surface area (Å²) in [6.07, 6.45) is 4.48. The Morgan fingerprint density at radius 1 is 0.742 bits per heavy atom. The second kappa shape index (κ2) is 11.5. The molecule has 0 saturated carbocycles. The zero-order valence-corrected chi connectivity index (χ0v) is 19.0. The van der Waals surface area contributed by atoms with E-state index in [9.17, 15) is 9.59 Å². The average molecular weight is 479 g/mol. The zero-order chi connectivity index (χ0) is 22.1. The van der Waals surface area contributed by atoms with E-state index in [1.54, 1.807) is 12.1 Å². The average Bonchev–Trinajstić information content (AvgIpc) is 2.78. The Morgan fingerprint density at radius 2 is 1.32 bits per heavy atom. The molecule has 5 heteroatoms. The van der Waals surface area contributed by atoms with Crippen molar-refractivity contribution in [3.8, 4) is 11.1 Å². The van der Waals surface area contributed by atoms with E-state index >= 15 is 0 Å². The van der Waals surface area contributed by atoms with Gasteiger partial charge in [0.1, 0.15) is 0 Å². The predicted molar refractivity (Wildman–Crippen MR) is 131 cm³/mol. The van der Waals surface area contributed by atoms with Gasteiger partial charge in [0.2, 0.25) is 5.91 Å². The first-order chi connectivity index (χ1) is 15.0. The molecule has 0 aromatic heterocycles. The Morgan fingerprint density at radius 3 is 1.97 bits per heavy atom. The lowest BCUT2D eigenvalue weighted by Crippen LogP contribution is -2.12. The highest BCUT2D eigenvalue weighted by Gasteiger charge is 2.08. The highest BCUT2D eigenvalue weighted by Crippen LogP contribution is 2.23. The maximum absolute atomic E-state index is 12.4. The number of carbonyl (C=O) groups excluding carboxylic acids is 2. The van der Waals surface area contributed by atoms with Gasteiger partial charge in [-0.2, -0.15) is 0 Å². The fraction of sp³-hybridized carbons (Fsp3) is 0.231. The molecule has 0 heterocycles. The van der Waals surface area contributed by atoms with E-state index in [-0.39, 0.29) is 11.7 Å². The minimum atomic E-state index is -0.0279.